The summed E-state index contributed by atoms with van der Waals surface area (Å²) in [5.41, 5.74) is 2.45. The lowest BCUT2D eigenvalue weighted by atomic mass is 9.94. The number of hydrogen-bond acceptors (Lipinski definition) is 2. The summed E-state index contributed by atoms with van der Waals surface area (Å²) in [7, 11) is 2.07. The molecule has 0 radical (unpaired) electrons. The van der Waals surface area contributed by atoms with Gasteiger partial charge in [0.25, 0.3) is 0 Å². The van der Waals surface area contributed by atoms with Crippen LogP contribution in [0, 0.1) is 0 Å². The highest BCUT2D eigenvalue weighted by Gasteiger charge is 2.29. The Morgan fingerprint density at radius 1 is 1.38 bits per heavy atom. The van der Waals surface area contributed by atoms with E-state index in [4.69, 9.17) is 4.74 Å². The molecule has 0 unspecified atom stereocenters. The molecule has 1 aromatic carbocycles. The highest BCUT2D eigenvalue weighted by Crippen LogP contribution is 2.24. The number of amides is 1. The van der Waals surface area contributed by atoms with Crippen LogP contribution < -0.4 is 5.32 Å². The second-order valence-corrected chi connectivity index (χ2v) is 7.50. The maximum absolute atomic E-state index is 12.2. The lowest BCUT2D eigenvalue weighted by Gasteiger charge is -2.35. The monoisotopic (exact) mass is 328 g/mol. The zero-order valence-electron chi connectivity index (χ0n) is 15.0. The van der Waals surface area contributed by atoms with Crippen molar-refractivity contribution < 1.29 is 9.53 Å². The molecule has 130 valence electrons. The normalized spacial score (nSPS) is 20.2. The van der Waals surface area contributed by atoms with Gasteiger partial charge in [-0.05, 0) is 51.2 Å². The van der Waals surface area contributed by atoms with Gasteiger partial charge in [-0.25, -0.2) is 0 Å². The zero-order valence-corrected chi connectivity index (χ0v) is 15.0. The van der Waals surface area contributed by atoms with Gasteiger partial charge in [-0.1, -0.05) is 18.2 Å². The third kappa shape index (κ3) is 3.99. The number of para-hydroxylation sites is 1. The van der Waals surface area contributed by atoms with E-state index in [0.29, 0.717) is 6.42 Å². The Morgan fingerprint density at radius 3 is 2.96 bits per heavy atom. The molecule has 1 N–H and O–H groups in total. The molecule has 1 fully saturated rings. The first-order valence-electron chi connectivity index (χ1n) is 8.91. The van der Waals surface area contributed by atoms with Crippen LogP contribution in [0.3, 0.4) is 0 Å². The van der Waals surface area contributed by atoms with Crippen molar-refractivity contribution in [1.82, 2.24) is 9.88 Å². The quantitative estimate of drug-likeness (QED) is 0.912. The molecular weight excluding hydrogens is 300 g/mol. The standard InChI is InChI=1S/C20H28N2O2/c1-20(2)13-16(11-12-24-20)21-19(23)10-6-7-15-14-22(3)18-9-5-4-8-17(15)18/h4-5,8-9,14,16H,6-7,10-13H2,1-3H3,(H,21,23)/t16-/m1/s1. The summed E-state index contributed by atoms with van der Waals surface area (Å²) in [4.78, 5) is 12.2. The Hall–Kier alpha value is -1.81. The Balaban J connectivity index is 1.50. The van der Waals surface area contributed by atoms with E-state index in [0.717, 1.165) is 32.3 Å². The number of fused-ring (bicyclic) bond motifs is 1. The first-order chi connectivity index (χ1) is 11.4. The highest BCUT2D eigenvalue weighted by atomic mass is 16.5. The predicted molar refractivity (Wildman–Crippen MR) is 97.1 cm³/mol. The lowest BCUT2D eigenvalue weighted by Crippen LogP contribution is -2.45. The van der Waals surface area contributed by atoms with Crippen LogP contribution >= 0.6 is 0 Å². The zero-order chi connectivity index (χ0) is 17.2. The van der Waals surface area contributed by atoms with Crippen molar-refractivity contribution in [3.05, 3.63) is 36.0 Å². The fourth-order valence-electron chi connectivity index (χ4n) is 3.72. The number of hydrogen-bond donors (Lipinski definition) is 1. The van der Waals surface area contributed by atoms with Crippen LogP contribution in [0.25, 0.3) is 10.9 Å². The molecule has 1 atom stereocenters. The minimum atomic E-state index is -0.126. The van der Waals surface area contributed by atoms with Crippen molar-refractivity contribution in [2.45, 2.75) is 57.6 Å². The second kappa shape index (κ2) is 6.98. The van der Waals surface area contributed by atoms with E-state index in [-0.39, 0.29) is 17.6 Å². The number of ether oxygens (including phenoxy) is 1. The van der Waals surface area contributed by atoms with Crippen molar-refractivity contribution in [1.29, 1.82) is 0 Å². The van der Waals surface area contributed by atoms with Crippen molar-refractivity contribution >= 4 is 16.8 Å². The Morgan fingerprint density at radius 2 is 2.17 bits per heavy atom. The van der Waals surface area contributed by atoms with Gasteiger partial charge in [0.05, 0.1) is 5.60 Å². The number of carbonyl (C=O) groups is 1. The molecule has 1 aromatic heterocycles. The lowest BCUT2D eigenvalue weighted by molar-refractivity contribution is -0.124. The van der Waals surface area contributed by atoms with Crippen LogP contribution in [-0.4, -0.2) is 28.7 Å². The summed E-state index contributed by atoms with van der Waals surface area (Å²) in [6, 6.07) is 8.69. The van der Waals surface area contributed by atoms with E-state index < -0.39 is 0 Å². The van der Waals surface area contributed by atoms with Gasteiger partial charge in [0, 0.05) is 43.2 Å². The van der Waals surface area contributed by atoms with Crippen LogP contribution in [0.2, 0.25) is 0 Å². The van der Waals surface area contributed by atoms with E-state index in [9.17, 15) is 4.79 Å². The predicted octanol–water partition coefficient (Wildman–Crippen LogP) is 3.57. The van der Waals surface area contributed by atoms with Crippen LogP contribution in [0.15, 0.2) is 30.5 Å². The Bertz CT molecular complexity index is 717. The van der Waals surface area contributed by atoms with Gasteiger partial charge in [-0.2, -0.15) is 0 Å². The molecule has 2 heterocycles. The molecule has 1 saturated heterocycles. The van der Waals surface area contributed by atoms with Gasteiger partial charge < -0.3 is 14.6 Å². The maximum Gasteiger partial charge on any atom is 0.220 e. The molecule has 0 spiro atoms. The summed E-state index contributed by atoms with van der Waals surface area (Å²) in [6.07, 6.45) is 6.39. The molecule has 4 nitrogen and oxygen atoms in total. The molecule has 0 bridgehead atoms. The SMILES string of the molecule is Cn1cc(CCCC(=O)N[C@@H]2CCOC(C)(C)C2)c2ccccc21. The average molecular weight is 328 g/mol. The van der Waals surface area contributed by atoms with E-state index in [1.165, 1.54) is 16.5 Å². The summed E-state index contributed by atoms with van der Waals surface area (Å²) in [6.45, 7) is 4.91. The summed E-state index contributed by atoms with van der Waals surface area (Å²) in [5, 5.41) is 4.48. The van der Waals surface area contributed by atoms with Crippen molar-refractivity contribution in [2.24, 2.45) is 7.05 Å². The third-order valence-corrected chi connectivity index (χ3v) is 4.89. The topological polar surface area (TPSA) is 43.3 Å². The fraction of sp³-hybridized carbons (Fsp3) is 0.550. The molecule has 4 heteroatoms. The van der Waals surface area contributed by atoms with E-state index in [1.54, 1.807) is 0 Å². The van der Waals surface area contributed by atoms with Gasteiger partial charge in [0.1, 0.15) is 0 Å². The largest absolute Gasteiger partial charge is 0.375 e. The van der Waals surface area contributed by atoms with Crippen molar-refractivity contribution in [3.63, 3.8) is 0 Å². The van der Waals surface area contributed by atoms with E-state index >= 15 is 0 Å². The molecule has 0 aliphatic carbocycles. The van der Waals surface area contributed by atoms with Crippen LogP contribution in [0.5, 0.6) is 0 Å². The van der Waals surface area contributed by atoms with Crippen molar-refractivity contribution in [3.8, 4) is 0 Å². The number of nitrogens with one attached hydrogen (secondary N) is 1. The van der Waals surface area contributed by atoms with Gasteiger partial charge in [0.15, 0.2) is 0 Å². The molecule has 1 aliphatic rings. The van der Waals surface area contributed by atoms with Gasteiger partial charge >= 0.3 is 0 Å². The third-order valence-electron chi connectivity index (χ3n) is 4.89. The van der Waals surface area contributed by atoms with Gasteiger partial charge in [-0.3, -0.25) is 4.79 Å². The number of carbonyl (C=O) groups excluding carboxylic acids is 1. The summed E-state index contributed by atoms with van der Waals surface area (Å²) < 4.78 is 7.87. The fourth-order valence-corrected chi connectivity index (χ4v) is 3.72. The number of aromatic nitrogens is 1. The number of aryl methyl sites for hydroxylation is 2. The molecule has 0 saturated carbocycles. The summed E-state index contributed by atoms with van der Waals surface area (Å²) in [5.74, 6) is 0.165. The smallest absolute Gasteiger partial charge is 0.220 e. The van der Waals surface area contributed by atoms with E-state index in [2.05, 4.69) is 61.2 Å². The van der Waals surface area contributed by atoms with Crippen LogP contribution in [0.1, 0.15) is 45.1 Å². The molecule has 24 heavy (non-hydrogen) atoms. The van der Waals surface area contributed by atoms with Crippen molar-refractivity contribution in [2.75, 3.05) is 6.61 Å². The van der Waals surface area contributed by atoms with Gasteiger partial charge in [-0.15, -0.1) is 0 Å². The summed E-state index contributed by atoms with van der Waals surface area (Å²) >= 11 is 0. The first kappa shape index (κ1) is 17.0. The Labute approximate surface area is 144 Å². The minimum absolute atomic E-state index is 0.126. The number of nitrogens with zero attached hydrogens (tertiary/aromatic N) is 1. The molecule has 3 rings (SSSR count). The molecule has 1 amide bonds. The van der Waals surface area contributed by atoms with Crippen LogP contribution in [-0.2, 0) is 23.0 Å². The highest BCUT2D eigenvalue weighted by molar-refractivity contribution is 5.84. The second-order valence-electron chi connectivity index (χ2n) is 7.50. The van der Waals surface area contributed by atoms with Crippen LogP contribution in [0.4, 0.5) is 0 Å². The Kier molecular flexibility index (Phi) is 4.95. The maximum atomic E-state index is 12.2. The van der Waals surface area contributed by atoms with Gasteiger partial charge in [0.2, 0.25) is 5.91 Å². The van der Waals surface area contributed by atoms with E-state index in [1.807, 2.05) is 0 Å². The number of benzene rings is 1. The molecule has 1 aliphatic heterocycles. The minimum Gasteiger partial charge on any atom is -0.375 e. The average Bonchev–Trinajstić information content (AvgIpc) is 2.83. The molecule has 2 aromatic rings. The number of rotatable bonds is 5. The first-order valence-corrected chi connectivity index (χ1v) is 8.91. The molecular formula is C20H28N2O2.